The van der Waals surface area contributed by atoms with E-state index in [1.807, 2.05) is 6.07 Å². The van der Waals surface area contributed by atoms with Gasteiger partial charge in [-0.1, -0.05) is 56.7 Å². The van der Waals surface area contributed by atoms with E-state index < -0.39 is 35.7 Å². The molecular weight excluding hydrogens is 559 g/mol. The molecule has 1 aromatic rings. The lowest BCUT2D eigenvalue weighted by Gasteiger charge is -2.50. The van der Waals surface area contributed by atoms with Gasteiger partial charge < -0.3 is 10.2 Å². The number of rotatable bonds is 14. The van der Waals surface area contributed by atoms with Crippen molar-refractivity contribution in [3.8, 4) is 5.75 Å². The van der Waals surface area contributed by atoms with E-state index in [9.17, 15) is 36.4 Å². The lowest BCUT2D eigenvalue weighted by Crippen LogP contribution is -2.44. The fourth-order valence-corrected chi connectivity index (χ4v) is 8.91. The molecule has 0 bridgehead atoms. The zero-order valence-corrected chi connectivity index (χ0v) is 24.8. The van der Waals surface area contributed by atoms with Gasteiger partial charge in [-0.15, -0.1) is 0 Å². The van der Waals surface area contributed by atoms with Crippen LogP contribution in [0, 0.1) is 17.3 Å². The normalized spacial score (nSPS) is 28.5. The number of phenols is 1. The van der Waals surface area contributed by atoms with Crippen LogP contribution in [0.1, 0.15) is 114 Å². The molecule has 0 radical (unpaired) electrons. The summed E-state index contributed by atoms with van der Waals surface area (Å²) in [6.07, 6.45) is 6.77. The van der Waals surface area contributed by atoms with Crippen LogP contribution in [0.4, 0.5) is 22.0 Å². The van der Waals surface area contributed by atoms with Crippen molar-refractivity contribution >= 4 is 16.9 Å². The Labute approximate surface area is 243 Å². The zero-order chi connectivity index (χ0) is 29.8. The summed E-state index contributed by atoms with van der Waals surface area (Å²) in [4.78, 5) is 0. The number of allylic oxidation sites excluding steroid dienone is 1. The van der Waals surface area contributed by atoms with Crippen LogP contribution in [-0.4, -0.2) is 44.1 Å². The highest BCUT2D eigenvalue weighted by Crippen LogP contribution is 2.62. The average Bonchev–Trinajstić information content (AvgIpc) is 3.20. The molecule has 0 amide bonds. The summed E-state index contributed by atoms with van der Waals surface area (Å²) < 4.78 is 74.5. The lowest BCUT2D eigenvalue weighted by molar-refractivity contribution is -0.284. The van der Waals surface area contributed by atoms with Crippen molar-refractivity contribution in [3.63, 3.8) is 0 Å². The molecule has 4 rings (SSSR count). The van der Waals surface area contributed by atoms with Crippen LogP contribution in [0.5, 0.6) is 5.75 Å². The third-order valence-corrected chi connectivity index (χ3v) is 11.6. The number of hydrogen-bond acceptors (Lipinski definition) is 3. The van der Waals surface area contributed by atoms with Crippen LogP contribution >= 0.6 is 0 Å². The summed E-state index contributed by atoms with van der Waals surface area (Å²) in [7, 11) is -1.36. The van der Waals surface area contributed by atoms with Crippen LogP contribution in [0.2, 0.25) is 0 Å². The number of phenolic OH excluding ortho intramolecular Hbond substituents is 1. The van der Waals surface area contributed by atoms with Gasteiger partial charge in [-0.25, -0.2) is 0 Å². The topological polar surface area (TPSA) is 57.5 Å². The highest BCUT2D eigenvalue weighted by Gasteiger charge is 2.57. The first-order valence-corrected chi connectivity index (χ1v) is 16.8. The first kappa shape index (κ1) is 32.4. The minimum absolute atomic E-state index is 0.0213. The van der Waals surface area contributed by atoms with Crippen molar-refractivity contribution in [2.75, 3.05) is 11.5 Å². The predicted molar refractivity (Wildman–Crippen MR) is 153 cm³/mol. The summed E-state index contributed by atoms with van der Waals surface area (Å²) in [6, 6.07) is 5.77. The Balaban J connectivity index is 1.17. The van der Waals surface area contributed by atoms with E-state index in [0.29, 0.717) is 35.7 Å². The maximum absolute atomic E-state index is 12.9. The number of fused-ring (bicyclic) bond motifs is 5. The Hall–Kier alpha value is -1.48. The first-order chi connectivity index (χ1) is 19.3. The number of alkyl halides is 5. The summed E-state index contributed by atoms with van der Waals surface area (Å²) in [5.41, 5.74) is 3.91. The average molecular weight is 605 g/mol. The Kier molecular flexibility index (Phi) is 10.6. The van der Waals surface area contributed by atoms with Gasteiger partial charge >= 0.3 is 12.1 Å². The van der Waals surface area contributed by atoms with E-state index in [0.717, 1.165) is 76.2 Å². The Morgan fingerprint density at radius 1 is 0.927 bits per heavy atom. The molecule has 0 saturated heterocycles. The van der Waals surface area contributed by atoms with E-state index in [2.05, 4.69) is 19.1 Å². The molecule has 232 valence electrons. The Morgan fingerprint density at radius 2 is 1.59 bits per heavy atom. The van der Waals surface area contributed by atoms with Gasteiger partial charge in [-0.2, -0.15) is 22.0 Å². The molecule has 6 atom stereocenters. The largest absolute Gasteiger partial charge is 0.508 e. The van der Waals surface area contributed by atoms with Gasteiger partial charge in [0, 0.05) is 28.7 Å². The molecule has 0 heterocycles. The van der Waals surface area contributed by atoms with Crippen molar-refractivity contribution < 1.29 is 36.4 Å². The number of benzene rings is 1. The predicted octanol–water partition coefficient (Wildman–Crippen LogP) is 8.91. The SMILES string of the molecule is C[C@]12CC[C@@H]3c4ccc(O)cc4C=C(CCCCCCCCC[S@@](=O)CCCC(F)(F)C(F)(F)F)[C@H]3[C@@H]1CC[C@@H]2O. The molecule has 41 heavy (non-hydrogen) atoms. The highest BCUT2D eigenvalue weighted by molar-refractivity contribution is 7.84. The van der Waals surface area contributed by atoms with E-state index >= 15 is 0 Å². The van der Waals surface area contributed by atoms with Gasteiger partial charge in [-0.05, 0) is 97.8 Å². The molecule has 3 aliphatic rings. The third kappa shape index (κ3) is 7.54. The molecule has 3 aliphatic carbocycles. The maximum Gasteiger partial charge on any atom is 0.453 e. The van der Waals surface area contributed by atoms with Crippen molar-refractivity contribution in [1.29, 1.82) is 0 Å². The minimum atomic E-state index is -5.55. The fourth-order valence-electron chi connectivity index (χ4n) is 7.71. The molecule has 2 N–H and O–H groups in total. The van der Waals surface area contributed by atoms with E-state index in [1.165, 1.54) is 11.1 Å². The van der Waals surface area contributed by atoms with Crippen LogP contribution in [0.25, 0.3) is 6.08 Å². The summed E-state index contributed by atoms with van der Waals surface area (Å²) in [5.74, 6) is -2.82. The molecule has 0 aromatic heterocycles. The number of aliphatic hydroxyl groups is 1. The van der Waals surface area contributed by atoms with E-state index in [4.69, 9.17) is 0 Å². The number of halogens is 5. The molecule has 9 heteroatoms. The standard InChI is InChI=1S/C32H45F5O3S/c1-30-17-15-26-25-12-11-24(38)21-23(25)20-22(29(26)27(30)13-14-28(30)39)10-7-5-3-2-4-6-8-18-41(40)19-9-16-31(33,34)32(35,36)37/h11-12,20-21,26-29,38-39H,2-10,13-19H2,1H3/t26-,27+,28+,29-,30+,41-/m1/s1. The fraction of sp³-hybridized carbons (Fsp3) is 0.750. The smallest absolute Gasteiger partial charge is 0.453 e. The number of aromatic hydroxyl groups is 1. The summed E-state index contributed by atoms with van der Waals surface area (Å²) >= 11 is 0. The molecule has 2 saturated carbocycles. The molecule has 0 unspecified atom stereocenters. The minimum Gasteiger partial charge on any atom is -0.508 e. The molecular formula is C32H45F5O3S. The van der Waals surface area contributed by atoms with E-state index in [-0.39, 0.29) is 17.3 Å². The molecule has 3 nitrogen and oxygen atoms in total. The molecule has 0 spiro atoms. The Morgan fingerprint density at radius 3 is 2.29 bits per heavy atom. The highest BCUT2D eigenvalue weighted by atomic mass is 32.2. The number of unbranched alkanes of at least 4 members (excludes halogenated alkanes) is 6. The molecule has 2 fully saturated rings. The van der Waals surface area contributed by atoms with Gasteiger partial charge in [0.2, 0.25) is 0 Å². The lowest BCUT2D eigenvalue weighted by atomic mass is 9.54. The second-order valence-corrected chi connectivity index (χ2v) is 14.5. The van der Waals surface area contributed by atoms with E-state index in [1.54, 1.807) is 6.07 Å². The van der Waals surface area contributed by atoms with Gasteiger partial charge in [0.25, 0.3) is 0 Å². The second kappa shape index (κ2) is 13.4. The summed E-state index contributed by atoms with van der Waals surface area (Å²) in [6.45, 7) is 2.28. The molecule has 1 aromatic carbocycles. The molecule has 0 aliphatic heterocycles. The van der Waals surface area contributed by atoms with Crippen LogP contribution < -0.4 is 0 Å². The van der Waals surface area contributed by atoms with Crippen molar-refractivity contribution in [2.24, 2.45) is 17.3 Å². The van der Waals surface area contributed by atoms with Gasteiger partial charge in [0.05, 0.1) is 6.10 Å². The quantitative estimate of drug-likeness (QED) is 0.165. The maximum atomic E-state index is 12.9. The second-order valence-electron chi connectivity index (χ2n) is 12.8. The number of aliphatic hydroxyl groups excluding tert-OH is 1. The van der Waals surface area contributed by atoms with Crippen LogP contribution in [0.3, 0.4) is 0 Å². The van der Waals surface area contributed by atoms with Crippen molar-refractivity contribution in [2.45, 2.75) is 121 Å². The first-order valence-electron chi connectivity index (χ1n) is 15.3. The monoisotopic (exact) mass is 604 g/mol. The number of hydrogen-bond donors (Lipinski definition) is 2. The van der Waals surface area contributed by atoms with Crippen LogP contribution in [0.15, 0.2) is 23.8 Å². The van der Waals surface area contributed by atoms with Gasteiger partial charge in [-0.3, -0.25) is 4.21 Å². The van der Waals surface area contributed by atoms with Gasteiger partial charge in [0.1, 0.15) is 5.75 Å². The van der Waals surface area contributed by atoms with Crippen molar-refractivity contribution in [3.05, 3.63) is 34.9 Å². The van der Waals surface area contributed by atoms with Gasteiger partial charge in [0.15, 0.2) is 0 Å². The third-order valence-electron chi connectivity index (χ3n) is 10.1. The van der Waals surface area contributed by atoms with Crippen molar-refractivity contribution in [1.82, 2.24) is 0 Å². The Bertz CT molecular complexity index is 1090. The van der Waals surface area contributed by atoms with Crippen LogP contribution in [-0.2, 0) is 10.8 Å². The summed E-state index contributed by atoms with van der Waals surface area (Å²) in [5, 5.41) is 20.9. The zero-order valence-electron chi connectivity index (χ0n) is 24.0.